The maximum Gasteiger partial charge on any atom is 0.265 e. The predicted molar refractivity (Wildman–Crippen MR) is 223 cm³/mol. The van der Waals surface area contributed by atoms with Gasteiger partial charge in [0.25, 0.3) is 5.56 Å². The summed E-state index contributed by atoms with van der Waals surface area (Å²) in [6.07, 6.45) is 0. The van der Waals surface area contributed by atoms with Crippen molar-refractivity contribution in [3.8, 4) is 17.1 Å². The van der Waals surface area contributed by atoms with Gasteiger partial charge in [-0.2, -0.15) is 0 Å². The molecule has 12 rings (SSSR count). The predicted octanol–water partition coefficient (Wildman–Crippen LogP) is 12.2. The average molecular weight is 692 g/mol. The summed E-state index contributed by atoms with van der Waals surface area (Å²) in [5.41, 5.74) is 9.36. The highest BCUT2D eigenvalue weighted by molar-refractivity contribution is 6.27. The third-order valence-corrected chi connectivity index (χ3v) is 11.2. The molecule has 0 spiro atoms. The summed E-state index contributed by atoms with van der Waals surface area (Å²) < 4.78 is 12.8. The number of rotatable bonds is 3. The molecule has 54 heavy (non-hydrogen) atoms. The lowest BCUT2D eigenvalue weighted by atomic mass is 10.0. The zero-order valence-electron chi connectivity index (χ0n) is 28.9. The van der Waals surface area contributed by atoms with E-state index in [1.165, 1.54) is 0 Å². The number of pyridine rings is 1. The van der Waals surface area contributed by atoms with E-state index >= 15 is 4.79 Å². The lowest BCUT2D eigenvalue weighted by Gasteiger charge is -2.18. The average Bonchev–Trinajstić information content (AvgIpc) is 3.89. The van der Waals surface area contributed by atoms with Crippen molar-refractivity contribution < 1.29 is 4.42 Å². The Morgan fingerprint density at radius 2 is 0.815 bits per heavy atom. The fraction of sp³-hybridized carbons (Fsp3) is 0. The van der Waals surface area contributed by atoms with Gasteiger partial charge in [0, 0.05) is 54.8 Å². The first-order valence-corrected chi connectivity index (χ1v) is 18.2. The van der Waals surface area contributed by atoms with Crippen molar-refractivity contribution in [1.29, 1.82) is 0 Å². The van der Waals surface area contributed by atoms with Gasteiger partial charge in [-0.3, -0.25) is 9.36 Å². The Balaban J connectivity index is 1.31. The second-order valence-corrected chi connectivity index (χ2v) is 14.0. The van der Waals surface area contributed by atoms with Crippen LogP contribution in [-0.4, -0.2) is 13.7 Å². The minimum atomic E-state index is -0.0643. The van der Waals surface area contributed by atoms with E-state index in [4.69, 9.17) is 4.42 Å². The van der Waals surface area contributed by atoms with Gasteiger partial charge in [-0.25, -0.2) is 0 Å². The van der Waals surface area contributed by atoms with E-state index in [1.807, 2.05) is 65.2 Å². The van der Waals surface area contributed by atoms with Gasteiger partial charge in [0.05, 0.1) is 33.0 Å². The highest BCUT2D eigenvalue weighted by Gasteiger charge is 2.24. The molecule has 8 aromatic carbocycles. The molecule has 0 aliphatic rings. The van der Waals surface area contributed by atoms with Gasteiger partial charge in [0.15, 0.2) is 0 Å². The maximum atomic E-state index is 15.8. The number of nitrogens with zero attached hydrogens (tertiary/aromatic N) is 3. The van der Waals surface area contributed by atoms with Crippen LogP contribution < -0.4 is 5.56 Å². The van der Waals surface area contributed by atoms with Crippen LogP contribution >= 0.6 is 0 Å². The quantitative estimate of drug-likeness (QED) is 0.173. The van der Waals surface area contributed by atoms with Gasteiger partial charge in [-0.05, 0) is 66.0 Å². The number of furan rings is 1. The molecule has 252 valence electrons. The van der Waals surface area contributed by atoms with Crippen LogP contribution in [0.3, 0.4) is 0 Å². The summed E-state index contributed by atoms with van der Waals surface area (Å²) in [6, 6.07) is 60.8. The molecule has 0 aliphatic heterocycles. The Hall–Kier alpha value is -7.37. The van der Waals surface area contributed by atoms with E-state index < -0.39 is 0 Å². The van der Waals surface area contributed by atoms with Gasteiger partial charge in [-0.15, -0.1) is 0 Å². The van der Waals surface area contributed by atoms with Crippen molar-refractivity contribution in [2.45, 2.75) is 0 Å². The van der Waals surface area contributed by atoms with E-state index in [-0.39, 0.29) is 5.56 Å². The van der Waals surface area contributed by atoms with Crippen LogP contribution in [0.4, 0.5) is 0 Å². The molecular weight excluding hydrogens is 663 g/mol. The summed E-state index contributed by atoms with van der Waals surface area (Å²) in [5.74, 6) is 0. The van der Waals surface area contributed by atoms with E-state index in [0.717, 1.165) is 98.9 Å². The van der Waals surface area contributed by atoms with Gasteiger partial charge in [-0.1, -0.05) is 115 Å². The zero-order valence-corrected chi connectivity index (χ0v) is 28.9. The van der Waals surface area contributed by atoms with Gasteiger partial charge in [0.2, 0.25) is 0 Å². The molecule has 0 radical (unpaired) electrons. The highest BCUT2D eigenvalue weighted by Crippen LogP contribution is 2.42. The largest absolute Gasteiger partial charge is 0.456 e. The molecule has 0 aliphatic carbocycles. The minimum absolute atomic E-state index is 0.0643. The van der Waals surface area contributed by atoms with Gasteiger partial charge in [0.1, 0.15) is 11.2 Å². The van der Waals surface area contributed by atoms with Crippen molar-refractivity contribution in [3.63, 3.8) is 0 Å². The molecule has 5 nitrogen and oxygen atoms in total. The molecule has 0 saturated heterocycles. The Bertz CT molecular complexity index is 3570. The topological polar surface area (TPSA) is 45.0 Å². The van der Waals surface area contributed by atoms with Crippen molar-refractivity contribution in [2.75, 3.05) is 0 Å². The van der Waals surface area contributed by atoms with Crippen LogP contribution in [0.2, 0.25) is 0 Å². The second kappa shape index (κ2) is 10.8. The molecule has 0 unspecified atom stereocenters. The van der Waals surface area contributed by atoms with E-state index in [9.17, 15) is 0 Å². The van der Waals surface area contributed by atoms with E-state index in [0.29, 0.717) is 5.39 Å². The Morgan fingerprint density at radius 1 is 0.333 bits per heavy atom. The monoisotopic (exact) mass is 691 g/mol. The number of para-hydroxylation sites is 5. The first kappa shape index (κ1) is 29.2. The van der Waals surface area contributed by atoms with Crippen LogP contribution in [0.5, 0.6) is 0 Å². The molecule has 0 N–H and O–H groups in total. The number of fused-ring (bicyclic) bond motifs is 14. The number of aromatic nitrogens is 3. The van der Waals surface area contributed by atoms with Crippen molar-refractivity contribution >= 4 is 87.2 Å². The molecule has 0 bridgehead atoms. The minimum Gasteiger partial charge on any atom is -0.456 e. The molecule has 4 aromatic heterocycles. The normalized spacial score (nSPS) is 12.1. The number of hydrogen-bond donors (Lipinski definition) is 0. The molecule has 12 aromatic rings. The van der Waals surface area contributed by atoms with Crippen LogP contribution in [0.25, 0.3) is 104 Å². The highest BCUT2D eigenvalue weighted by atomic mass is 16.3. The molecule has 4 heterocycles. The van der Waals surface area contributed by atoms with Gasteiger partial charge < -0.3 is 13.6 Å². The summed E-state index contributed by atoms with van der Waals surface area (Å²) in [4.78, 5) is 15.8. The zero-order chi connectivity index (χ0) is 35.5. The maximum absolute atomic E-state index is 15.8. The Labute approximate surface area is 307 Å². The summed E-state index contributed by atoms with van der Waals surface area (Å²) in [7, 11) is 0. The van der Waals surface area contributed by atoms with Crippen LogP contribution in [0, 0.1) is 0 Å². The molecule has 0 saturated carbocycles. The Morgan fingerprint density at radius 3 is 1.50 bits per heavy atom. The van der Waals surface area contributed by atoms with Gasteiger partial charge >= 0.3 is 0 Å². The van der Waals surface area contributed by atoms with E-state index in [1.54, 1.807) is 0 Å². The SMILES string of the molecule is O=c1c2c(ccc3c4ccccc4n(-c4ccc5oc6ccccc6c5c4)c32)c2ccc3c4ccccc4n(-c4ccccc4)c3c2n1-c1ccccc1. The molecular formula is C49H29N3O2. The number of hydrogen-bond acceptors (Lipinski definition) is 2. The van der Waals surface area contributed by atoms with Crippen LogP contribution in [0.15, 0.2) is 185 Å². The molecule has 0 fully saturated rings. The third-order valence-electron chi connectivity index (χ3n) is 11.2. The summed E-state index contributed by atoms with van der Waals surface area (Å²) in [5, 5.41) is 9.08. The van der Waals surface area contributed by atoms with Crippen LogP contribution in [0.1, 0.15) is 0 Å². The first-order valence-electron chi connectivity index (χ1n) is 18.2. The third kappa shape index (κ3) is 3.85. The van der Waals surface area contributed by atoms with E-state index in [2.05, 4.69) is 124 Å². The van der Waals surface area contributed by atoms with Crippen molar-refractivity contribution in [1.82, 2.24) is 13.7 Å². The standard InChI is InChI=1S/C49H29N3O2/c53-49-45-36(24-25-37-33-17-7-11-21-42(33)51(46(37)45)32-23-28-44-40(29-32)35-19-9-12-22-43(35)54-44)39-27-26-38-34-18-8-10-20-41(34)50(30-13-3-1-4-14-30)47(38)48(39)52(49)31-15-5-2-6-16-31/h1-29H. The molecule has 0 atom stereocenters. The lowest BCUT2D eigenvalue weighted by Crippen LogP contribution is -2.20. The molecule has 0 amide bonds. The smallest absolute Gasteiger partial charge is 0.265 e. The summed E-state index contributed by atoms with van der Waals surface area (Å²) >= 11 is 0. The fourth-order valence-corrected chi connectivity index (χ4v) is 8.99. The molecule has 5 heteroatoms. The second-order valence-electron chi connectivity index (χ2n) is 14.0. The van der Waals surface area contributed by atoms with Crippen molar-refractivity contribution in [3.05, 3.63) is 186 Å². The first-order chi connectivity index (χ1) is 26.7. The number of benzene rings is 8. The summed E-state index contributed by atoms with van der Waals surface area (Å²) in [6.45, 7) is 0. The fourth-order valence-electron chi connectivity index (χ4n) is 8.99. The Kier molecular flexibility index (Phi) is 5.86. The van der Waals surface area contributed by atoms with Crippen molar-refractivity contribution in [2.24, 2.45) is 0 Å². The lowest BCUT2D eigenvalue weighted by molar-refractivity contribution is 0.669. The van der Waals surface area contributed by atoms with Crippen LogP contribution in [-0.2, 0) is 0 Å².